The number of rotatable bonds is 5. The van der Waals surface area contributed by atoms with Gasteiger partial charge in [-0.1, -0.05) is 43.2 Å². The molecule has 7 heteroatoms. The van der Waals surface area contributed by atoms with E-state index in [-0.39, 0.29) is 5.91 Å². The summed E-state index contributed by atoms with van der Waals surface area (Å²) in [7, 11) is 0. The van der Waals surface area contributed by atoms with E-state index in [2.05, 4.69) is 50.9 Å². The highest BCUT2D eigenvalue weighted by Crippen LogP contribution is 2.32. The lowest BCUT2D eigenvalue weighted by Gasteiger charge is -2.36. The number of amides is 1. The number of hydrogen-bond donors (Lipinski definition) is 0. The molecule has 1 aromatic heterocycles. The molecule has 0 bridgehead atoms. The maximum absolute atomic E-state index is 12.8. The normalized spacial score (nSPS) is 18.3. The molecule has 4 rings (SSSR count). The van der Waals surface area contributed by atoms with Crippen LogP contribution < -0.4 is 4.90 Å². The van der Waals surface area contributed by atoms with Gasteiger partial charge in [-0.25, -0.2) is 0 Å². The van der Waals surface area contributed by atoms with Crippen LogP contribution in [-0.2, 0) is 4.79 Å². The number of nitrogens with zero attached hydrogens (tertiary/aromatic N) is 5. The molecule has 0 radical (unpaired) electrons. The van der Waals surface area contributed by atoms with E-state index in [1.807, 2.05) is 11.8 Å². The first-order chi connectivity index (χ1) is 14.1. The van der Waals surface area contributed by atoms with Crippen molar-refractivity contribution in [2.24, 2.45) is 0 Å². The average Bonchev–Trinajstić information content (AvgIpc) is 3.13. The lowest BCUT2D eigenvalue weighted by atomic mass is 9.95. The molecule has 6 nitrogen and oxygen atoms in total. The first-order valence-electron chi connectivity index (χ1n) is 10.8. The van der Waals surface area contributed by atoms with E-state index in [0.717, 1.165) is 37.2 Å². The van der Waals surface area contributed by atoms with Crippen molar-refractivity contribution >= 4 is 23.4 Å². The summed E-state index contributed by atoms with van der Waals surface area (Å²) in [5, 5.41) is 9.56. The minimum absolute atomic E-state index is 0.203. The number of hydrogen-bond acceptors (Lipinski definition) is 5. The van der Waals surface area contributed by atoms with Gasteiger partial charge >= 0.3 is 0 Å². The minimum Gasteiger partial charge on any atom is -0.368 e. The van der Waals surface area contributed by atoms with Gasteiger partial charge in [0.15, 0.2) is 5.16 Å². The quantitative estimate of drug-likeness (QED) is 0.697. The summed E-state index contributed by atoms with van der Waals surface area (Å²) < 4.78 is 2.27. The molecule has 2 heterocycles. The van der Waals surface area contributed by atoms with Gasteiger partial charge in [0, 0.05) is 37.9 Å². The zero-order valence-electron chi connectivity index (χ0n) is 17.5. The Labute approximate surface area is 177 Å². The van der Waals surface area contributed by atoms with Crippen molar-refractivity contribution in [3.8, 4) is 0 Å². The third-order valence-electron chi connectivity index (χ3n) is 6.10. The summed E-state index contributed by atoms with van der Waals surface area (Å²) in [6.45, 7) is 7.48. The predicted octanol–water partition coefficient (Wildman–Crippen LogP) is 3.84. The van der Waals surface area contributed by atoms with Crippen LogP contribution in [0.15, 0.2) is 29.4 Å². The summed E-state index contributed by atoms with van der Waals surface area (Å²) in [5.74, 6) is 1.61. The standard InChI is InChI=1S/C22H31N5OS/c1-17-7-6-10-20(15-17)25-11-13-26(14-12-25)21(28)16-29-22-24-23-18(2)27(22)19-8-4-3-5-9-19/h6-7,10,15,19H,3-5,8-9,11-14,16H2,1-2H3. The van der Waals surface area contributed by atoms with Crippen LogP contribution >= 0.6 is 11.8 Å². The smallest absolute Gasteiger partial charge is 0.233 e. The van der Waals surface area contributed by atoms with Crippen LogP contribution in [0.3, 0.4) is 0 Å². The van der Waals surface area contributed by atoms with Crippen molar-refractivity contribution in [1.29, 1.82) is 0 Å². The van der Waals surface area contributed by atoms with E-state index in [1.165, 1.54) is 43.4 Å². The molecule has 0 N–H and O–H groups in total. The third-order valence-corrected chi connectivity index (χ3v) is 7.03. The first kappa shape index (κ1) is 20.3. The van der Waals surface area contributed by atoms with E-state index in [1.54, 1.807) is 11.8 Å². The molecule has 0 atom stereocenters. The van der Waals surface area contributed by atoms with Crippen molar-refractivity contribution < 1.29 is 4.79 Å². The Balaban J connectivity index is 1.31. The van der Waals surface area contributed by atoms with Gasteiger partial charge in [0.1, 0.15) is 5.82 Å². The lowest BCUT2D eigenvalue weighted by Crippen LogP contribution is -2.49. The molecular formula is C22H31N5OS. The highest BCUT2D eigenvalue weighted by Gasteiger charge is 2.24. The molecule has 1 saturated carbocycles. The fraction of sp³-hybridized carbons (Fsp3) is 0.591. The number of carbonyl (C=O) groups is 1. The van der Waals surface area contributed by atoms with Crippen LogP contribution in [0.25, 0.3) is 0 Å². The molecular weight excluding hydrogens is 382 g/mol. The first-order valence-corrected chi connectivity index (χ1v) is 11.7. The molecule has 1 saturated heterocycles. The van der Waals surface area contributed by atoms with E-state index in [0.29, 0.717) is 11.8 Å². The molecule has 0 unspecified atom stereocenters. The van der Waals surface area contributed by atoms with E-state index < -0.39 is 0 Å². The summed E-state index contributed by atoms with van der Waals surface area (Å²) in [6, 6.07) is 9.08. The zero-order valence-corrected chi connectivity index (χ0v) is 18.3. The maximum Gasteiger partial charge on any atom is 0.233 e. The van der Waals surface area contributed by atoms with Crippen LogP contribution in [0, 0.1) is 13.8 Å². The van der Waals surface area contributed by atoms with E-state index >= 15 is 0 Å². The fourth-order valence-corrected chi connectivity index (χ4v) is 5.42. The van der Waals surface area contributed by atoms with Crippen LogP contribution in [0.2, 0.25) is 0 Å². The van der Waals surface area contributed by atoms with Crippen LogP contribution in [0.4, 0.5) is 5.69 Å². The van der Waals surface area contributed by atoms with Crippen molar-refractivity contribution in [2.45, 2.75) is 57.1 Å². The number of aryl methyl sites for hydroxylation is 2. The van der Waals surface area contributed by atoms with Gasteiger partial charge < -0.3 is 14.4 Å². The largest absolute Gasteiger partial charge is 0.368 e. The Morgan fingerprint density at radius 2 is 1.83 bits per heavy atom. The number of thioether (sulfide) groups is 1. The minimum atomic E-state index is 0.203. The molecule has 1 amide bonds. The van der Waals surface area contributed by atoms with Crippen molar-refractivity contribution in [1.82, 2.24) is 19.7 Å². The van der Waals surface area contributed by atoms with Crippen LogP contribution in [0.5, 0.6) is 0 Å². The summed E-state index contributed by atoms with van der Waals surface area (Å²) in [6.07, 6.45) is 6.27. The van der Waals surface area contributed by atoms with Crippen molar-refractivity contribution in [3.05, 3.63) is 35.7 Å². The number of aromatic nitrogens is 3. The van der Waals surface area contributed by atoms with Gasteiger partial charge in [-0.05, 0) is 44.4 Å². The number of carbonyl (C=O) groups excluding carboxylic acids is 1. The molecule has 29 heavy (non-hydrogen) atoms. The Morgan fingerprint density at radius 3 is 2.55 bits per heavy atom. The van der Waals surface area contributed by atoms with Crippen LogP contribution in [-0.4, -0.2) is 57.5 Å². The predicted molar refractivity (Wildman–Crippen MR) is 118 cm³/mol. The molecule has 1 aliphatic carbocycles. The summed E-state index contributed by atoms with van der Waals surface area (Å²) >= 11 is 1.55. The molecule has 2 aromatic rings. The summed E-state index contributed by atoms with van der Waals surface area (Å²) in [4.78, 5) is 17.2. The second-order valence-electron chi connectivity index (χ2n) is 8.19. The average molecular weight is 414 g/mol. The van der Waals surface area contributed by atoms with Gasteiger partial charge in [0.2, 0.25) is 5.91 Å². The number of benzene rings is 1. The fourth-order valence-electron chi connectivity index (χ4n) is 4.46. The van der Waals surface area contributed by atoms with Crippen LogP contribution in [0.1, 0.15) is 49.5 Å². The number of piperazine rings is 1. The van der Waals surface area contributed by atoms with Gasteiger partial charge in [-0.15, -0.1) is 10.2 Å². The summed E-state index contributed by atoms with van der Waals surface area (Å²) in [5.41, 5.74) is 2.53. The van der Waals surface area contributed by atoms with E-state index in [4.69, 9.17) is 0 Å². The Morgan fingerprint density at radius 1 is 1.07 bits per heavy atom. The monoisotopic (exact) mass is 413 g/mol. The van der Waals surface area contributed by atoms with Gasteiger partial charge in [-0.3, -0.25) is 4.79 Å². The Hall–Kier alpha value is -2.02. The molecule has 0 spiro atoms. The van der Waals surface area contributed by atoms with Crippen molar-refractivity contribution in [3.63, 3.8) is 0 Å². The number of anilines is 1. The lowest BCUT2D eigenvalue weighted by molar-refractivity contribution is -0.128. The van der Waals surface area contributed by atoms with Gasteiger partial charge in [-0.2, -0.15) is 0 Å². The highest BCUT2D eigenvalue weighted by molar-refractivity contribution is 7.99. The SMILES string of the molecule is Cc1cccc(N2CCN(C(=O)CSc3nnc(C)n3C3CCCCC3)CC2)c1. The van der Waals surface area contributed by atoms with Gasteiger partial charge in [0.05, 0.1) is 5.75 Å². The topological polar surface area (TPSA) is 54.3 Å². The molecule has 1 aromatic carbocycles. The van der Waals surface area contributed by atoms with E-state index in [9.17, 15) is 4.79 Å². The molecule has 156 valence electrons. The second-order valence-corrected chi connectivity index (χ2v) is 9.13. The third kappa shape index (κ3) is 4.77. The second kappa shape index (κ2) is 9.20. The zero-order chi connectivity index (χ0) is 20.2. The molecule has 2 aliphatic rings. The maximum atomic E-state index is 12.8. The Bertz CT molecular complexity index is 837. The highest BCUT2D eigenvalue weighted by atomic mass is 32.2. The van der Waals surface area contributed by atoms with Crippen molar-refractivity contribution in [2.75, 3.05) is 36.8 Å². The van der Waals surface area contributed by atoms with Gasteiger partial charge in [0.25, 0.3) is 0 Å². The Kier molecular flexibility index (Phi) is 6.43. The molecule has 1 aliphatic heterocycles. The molecule has 2 fully saturated rings.